The molecule has 0 saturated heterocycles. The van der Waals surface area contributed by atoms with Crippen molar-refractivity contribution in [1.29, 1.82) is 0 Å². The summed E-state index contributed by atoms with van der Waals surface area (Å²) in [5.41, 5.74) is 5.50. The van der Waals surface area contributed by atoms with E-state index in [1.807, 2.05) is 6.92 Å². The van der Waals surface area contributed by atoms with Crippen LogP contribution in [0.15, 0.2) is 42.5 Å². The zero-order valence-corrected chi connectivity index (χ0v) is 16.1. The molecule has 1 aliphatic heterocycles. The SMILES string of the molecule is Cc1sc(NC(=O)Cc2ccc(O)cc2)nc1-c1ccc2c(c1)CCN2C. The summed E-state index contributed by atoms with van der Waals surface area (Å²) in [6.45, 7) is 3.08. The van der Waals surface area contributed by atoms with Gasteiger partial charge >= 0.3 is 0 Å². The molecular weight excluding hydrogens is 358 g/mol. The molecule has 2 heterocycles. The number of hydrogen-bond acceptors (Lipinski definition) is 5. The third-order valence-corrected chi connectivity index (χ3v) is 5.71. The van der Waals surface area contributed by atoms with E-state index in [4.69, 9.17) is 0 Å². The fourth-order valence-corrected chi connectivity index (χ4v) is 4.25. The average Bonchev–Trinajstić information content (AvgIpc) is 3.19. The second-order valence-electron chi connectivity index (χ2n) is 6.83. The number of rotatable bonds is 4. The van der Waals surface area contributed by atoms with Gasteiger partial charge in [0.05, 0.1) is 12.1 Å². The van der Waals surface area contributed by atoms with Gasteiger partial charge in [0, 0.05) is 29.7 Å². The van der Waals surface area contributed by atoms with Crippen LogP contribution in [0.3, 0.4) is 0 Å². The highest BCUT2D eigenvalue weighted by Crippen LogP contribution is 2.35. The largest absolute Gasteiger partial charge is 0.508 e. The maximum Gasteiger partial charge on any atom is 0.230 e. The van der Waals surface area contributed by atoms with Crippen LogP contribution in [0.5, 0.6) is 5.75 Å². The Morgan fingerprint density at radius 2 is 2.04 bits per heavy atom. The molecule has 2 N–H and O–H groups in total. The van der Waals surface area contributed by atoms with Crippen LogP contribution >= 0.6 is 11.3 Å². The number of aromatic hydroxyl groups is 1. The van der Waals surface area contributed by atoms with Crippen molar-refractivity contribution in [2.75, 3.05) is 23.8 Å². The van der Waals surface area contributed by atoms with Crippen molar-refractivity contribution in [3.8, 4) is 17.0 Å². The lowest BCUT2D eigenvalue weighted by atomic mass is 10.1. The topological polar surface area (TPSA) is 65.5 Å². The first-order valence-electron chi connectivity index (χ1n) is 8.89. The van der Waals surface area contributed by atoms with Crippen LogP contribution in [0, 0.1) is 6.92 Å². The number of aryl methyl sites for hydroxylation is 1. The highest BCUT2D eigenvalue weighted by molar-refractivity contribution is 7.16. The molecule has 0 bridgehead atoms. The number of nitrogens with zero attached hydrogens (tertiary/aromatic N) is 2. The summed E-state index contributed by atoms with van der Waals surface area (Å²) in [5.74, 6) is 0.0801. The number of anilines is 2. The summed E-state index contributed by atoms with van der Waals surface area (Å²) in [7, 11) is 2.11. The molecule has 1 aromatic heterocycles. The normalized spacial score (nSPS) is 12.9. The smallest absolute Gasteiger partial charge is 0.230 e. The fourth-order valence-electron chi connectivity index (χ4n) is 3.39. The highest BCUT2D eigenvalue weighted by Gasteiger charge is 2.18. The van der Waals surface area contributed by atoms with E-state index in [9.17, 15) is 9.90 Å². The number of hydrogen-bond donors (Lipinski definition) is 2. The van der Waals surface area contributed by atoms with E-state index in [1.165, 1.54) is 22.6 Å². The molecule has 3 aromatic rings. The van der Waals surface area contributed by atoms with Crippen LogP contribution in [0.25, 0.3) is 11.3 Å². The van der Waals surface area contributed by atoms with Crippen LogP contribution in [0.2, 0.25) is 0 Å². The standard InChI is InChI=1S/C21H21N3O2S/c1-13-20(16-5-8-18-15(12-16)9-10-24(18)2)23-21(27-13)22-19(26)11-14-3-6-17(25)7-4-14/h3-8,12,25H,9-11H2,1-2H3,(H,22,23,26). The Kier molecular flexibility index (Phi) is 4.58. The molecule has 0 atom stereocenters. The van der Waals surface area contributed by atoms with Crippen LogP contribution in [0.1, 0.15) is 16.0 Å². The quantitative estimate of drug-likeness (QED) is 0.719. The van der Waals surface area contributed by atoms with E-state index < -0.39 is 0 Å². The minimum Gasteiger partial charge on any atom is -0.508 e. The van der Waals surface area contributed by atoms with Gasteiger partial charge in [0.15, 0.2) is 5.13 Å². The Labute approximate surface area is 162 Å². The van der Waals surface area contributed by atoms with Gasteiger partial charge in [0.25, 0.3) is 0 Å². The molecule has 138 valence electrons. The minimum atomic E-state index is -0.114. The Morgan fingerprint density at radius 1 is 1.26 bits per heavy atom. The van der Waals surface area contributed by atoms with Crippen LogP contribution in [0.4, 0.5) is 10.8 Å². The van der Waals surface area contributed by atoms with Gasteiger partial charge in [-0.05, 0) is 48.7 Å². The van der Waals surface area contributed by atoms with E-state index in [0.29, 0.717) is 5.13 Å². The molecular formula is C21H21N3O2S. The van der Waals surface area contributed by atoms with Crippen LogP contribution in [-0.4, -0.2) is 29.6 Å². The molecule has 6 heteroatoms. The second-order valence-corrected chi connectivity index (χ2v) is 8.03. The van der Waals surface area contributed by atoms with Crippen molar-refractivity contribution < 1.29 is 9.90 Å². The van der Waals surface area contributed by atoms with Crippen LogP contribution < -0.4 is 10.2 Å². The zero-order valence-electron chi connectivity index (χ0n) is 15.3. The van der Waals surface area contributed by atoms with Crippen molar-refractivity contribution >= 4 is 28.1 Å². The number of nitrogens with one attached hydrogen (secondary N) is 1. The van der Waals surface area contributed by atoms with Gasteiger partial charge in [-0.3, -0.25) is 4.79 Å². The van der Waals surface area contributed by atoms with Crippen LogP contribution in [-0.2, 0) is 17.6 Å². The Balaban J connectivity index is 1.50. The summed E-state index contributed by atoms with van der Waals surface area (Å²) >= 11 is 1.49. The first-order valence-corrected chi connectivity index (χ1v) is 9.71. The van der Waals surface area contributed by atoms with E-state index in [1.54, 1.807) is 24.3 Å². The van der Waals surface area contributed by atoms with Gasteiger partial charge in [-0.25, -0.2) is 4.98 Å². The molecule has 1 amide bonds. The van der Waals surface area contributed by atoms with E-state index in [0.717, 1.165) is 34.7 Å². The van der Waals surface area contributed by atoms with Gasteiger partial charge in [0.1, 0.15) is 5.75 Å². The number of fused-ring (bicyclic) bond motifs is 1. The summed E-state index contributed by atoms with van der Waals surface area (Å²) < 4.78 is 0. The molecule has 5 nitrogen and oxygen atoms in total. The molecule has 27 heavy (non-hydrogen) atoms. The van der Waals surface area contributed by atoms with Crippen molar-refractivity contribution in [2.24, 2.45) is 0 Å². The number of phenolic OH excluding ortho intramolecular Hbond substituents is 1. The van der Waals surface area contributed by atoms with Gasteiger partial charge in [-0.1, -0.05) is 18.2 Å². The second kappa shape index (κ2) is 7.04. The summed E-state index contributed by atoms with van der Waals surface area (Å²) in [6.07, 6.45) is 1.30. The maximum absolute atomic E-state index is 12.3. The monoisotopic (exact) mass is 379 g/mol. The van der Waals surface area contributed by atoms with Gasteiger partial charge in [-0.2, -0.15) is 0 Å². The van der Waals surface area contributed by atoms with Gasteiger partial charge < -0.3 is 15.3 Å². The fraction of sp³-hybridized carbons (Fsp3) is 0.238. The number of phenols is 1. The molecule has 0 aliphatic carbocycles. The number of carbonyl (C=O) groups is 1. The number of amides is 1. The molecule has 0 spiro atoms. The summed E-state index contributed by atoms with van der Waals surface area (Å²) in [4.78, 5) is 20.3. The molecule has 0 saturated carbocycles. The third-order valence-electron chi connectivity index (χ3n) is 4.82. The Bertz CT molecular complexity index is 995. The lowest BCUT2D eigenvalue weighted by Crippen LogP contribution is -2.14. The van der Waals surface area contributed by atoms with E-state index in [2.05, 4.69) is 40.4 Å². The minimum absolute atomic E-state index is 0.114. The predicted octanol–water partition coefficient (Wildman–Crippen LogP) is 4.00. The van der Waals surface area contributed by atoms with E-state index >= 15 is 0 Å². The van der Waals surface area contributed by atoms with Crippen molar-refractivity contribution in [3.05, 3.63) is 58.5 Å². The third kappa shape index (κ3) is 3.66. The summed E-state index contributed by atoms with van der Waals surface area (Å²) in [6, 6.07) is 13.1. The number of aromatic nitrogens is 1. The molecule has 1 aliphatic rings. The first-order chi connectivity index (χ1) is 13.0. The number of carbonyl (C=O) groups excluding carboxylic acids is 1. The molecule has 0 radical (unpaired) electrons. The molecule has 0 fully saturated rings. The lowest BCUT2D eigenvalue weighted by Gasteiger charge is -2.11. The Morgan fingerprint density at radius 3 is 2.81 bits per heavy atom. The average molecular weight is 379 g/mol. The lowest BCUT2D eigenvalue weighted by molar-refractivity contribution is -0.115. The predicted molar refractivity (Wildman–Crippen MR) is 110 cm³/mol. The first kappa shape index (κ1) is 17.5. The van der Waals surface area contributed by atoms with Crippen molar-refractivity contribution in [1.82, 2.24) is 4.98 Å². The Hall–Kier alpha value is -2.86. The number of benzene rings is 2. The van der Waals surface area contributed by atoms with Gasteiger partial charge in [-0.15, -0.1) is 11.3 Å². The number of thiazole rings is 1. The van der Waals surface area contributed by atoms with Crippen molar-refractivity contribution in [2.45, 2.75) is 19.8 Å². The maximum atomic E-state index is 12.3. The van der Waals surface area contributed by atoms with Crippen molar-refractivity contribution in [3.63, 3.8) is 0 Å². The zero-order chi connectivity index (χ0) is 19.0. The van der Waals surface area contributed by atoms with E-state index in [-0.39, 0.29) is 18.1 Å². The number of likely N-dealkylation sites (N-methyl/N-ethyl adjacent to an activating group) is 1. The van der Waals surface area contributed by atoms with Gasteiger partial charge in [0.2, 0.25) is 5.91 Å². The summed E-state index contributed by atoms with van der Waals surface area (Å²) in [5, 5.41) is 12.8. The molecule has 4 rings (SSSR count). The molecule has 0 unspecified atom stereocenters. The molecule has 2 aromatic carbocycles. The highest BCUT2D eigenvalue weighted by atomic mass is 32.1.